The molecule has 0 spiro atoms. The highest BCUT2D eigenvalue weighted by Gasteiger charge is 2.30. The molecular weight excluding hydrogens is 430 g/mol. The molecule has 1 amide bonds. The molecule has 0 unspecified atom stereocenters. The summed E-state index contributed by atoms with van der Waals surface area (Å²) in [4.78, 5) is 22.3. The van der Waals surface area contributed by atoms with Gasteiger partial charge in [-0.2, -0.15) is 5.10 Å². The number of nitrogens with one attached hydrogen (secondary N) is 1. The second-order valence-corrected chi connectivity index (χ2v) is 7.71. The number of methoxy groups -OCH3 is 1. The van der Waals surface area contributed by atoms with Crippen molar-refractivity contribution in [2.75, 3.05) is 7.11 Å². The maximum atomic E-state index is 11.7. The van der Waals surface area contributed by atoms with Gasteiger partial charge in [0.1, 0.15) is 6.61 Å². The number of amides is 1. The summed E-state index contributed by atoms with van der Waals surface area (Å²) in [6.07, 6.45) is 1.10. The summed E-state index contributed by atoms with van der Waals surface area (Å²) < 4.78 is 11.2. The molecule has 3 rings (SSSR count). The lowest BCUT2D eigenvalue weighted by Crippen LogP contribution is -2.31. The highest BCUT2D eigenvalue weighted by atomic mass is 35.5. The van der Waals surface area contributed by atoms with Crippen LogP contribution in [-0.4, -0.2) is 35.6 Å². The van der Waals surface area contributed by atoms with Gasteiger partial charge >= 0.3 is 0 Å². The highest BCUT2D eigenvalue weighted by molar-refractivity contribution is 8.15. The lowest BCUT2D eigenvalue weighted by atomic mass is 10.2. The highest BCUT2D eigenvalue weighted by Crippen LogP contribution is 2.29. The standard InChI is InChI=1S/C20H18ClN3O5S/c1-28-16-8-12(6-7-15(16)29-11-13-4-2-3-5-14(13)21)10-22-24-20-23-19(27)17(30-20)9-18(25)26/h2-8,10,17H,9,11H2,1H3,(H,25,26)(H,23,24,27)/p-1/b22-10-/t17-/m0/s1. The number of carboxylic acids is 1. The number of amidine groups is 1. The van der Waals surface area contributed by atoms with Crippen molar-refractivity contribution >= 4 is 46.6 Å². The van der Waals surface area contributed by atoms with E-state index < -0.39 is 17.1 Å². The summed E-state index contributed by atoms with van der Waals surface area (Å²) in [5.41, 5.74) is 1.55. The Kier molecular flexibility index (Phi) is 7.31. The third-order valence-electron chi connectivity index (χ3n) is 4.01. The number of ether oxygens (including phenoxy) is 2. The third kappa shape index (κ3) is 5.74. The van der Waals surface area contributed by atoms with E-state index in [9.17, 15) is 14.7 Å². The zero-order valence-corrected chi connectivity index (χ0v) is 17.4. The normalized spacial score (nSPS) is 17.3. The molecule has 0 bridgehead atoms. The van der Waals surface area contributed by atoms with E-state index in [0.717, 1.165) is 17.3 Å². The molecule has 0 saturated carbocycles. The van der Waals surface area contributed by atoms with Gasteiger partial charge in [0.05, 0.1) is 18.6 Å². The van der Waals surface area contributed by atoms with Gasteiger partial charge in [-0.1, -0.05) is 41.6 Å². The Morgan fingerprint density at radius 1 is 1.30 bits per heavy atom. The Hall–Kier alpha value is -3.04. The number of rotatable bonds is 8. The van der Waals surface area contributed by atoms with Crippen LogP contribution in [0.5, 0.6) is 11.5 Å². The molecule has 1 heterocycles. The maximum Gasteiger partial charge on any atom is 0.239 e. The molecule has 1 aliphatic heterocycles. The minimum atomic E-state index is -1.30. The van der Waals surface area contributed by atoms with Gasteiger partial charge in [-0.3, -0.25) is 4.79 Å². The summed E-state index contributed by atoms with van der Waals surface area (Å²) in [6, 6.07) is 12.7. The molecule has 2 aromatic carbocycles. The lowest BCUT2D eigenvalue weighted by Gasteiger charge is -2.12. The average Bonchev–Trinajstić information content (AvgIpc) is 3.06. The van der Waals surface area contributed by atoms with E-state index in [1.807, 2.05) is 18.2 Å². The molecule has 156 valence electrons. The van der Waals surface area contributed by atoms with Gasteiger partial charge in [0.25, 0.3) is 0 Å². The van der Waals surface area contributed by atoms with E-state index in [-0.39, 0.29) is 11.6 Å². The molecule has 0 aliphatic carbocycles. The van der Waals surface area contributed by atoms with Crippen LogP contribution in [0, 0.1) is 0 Å². The number of hydrogen-bond acceptors (Lipinski definition) is 8. The number of carbonyl (C=O) groups is 2. The van der Waals surface area contributed by atoms with Gasteiger partial charge in [0.15, 0.2) is 16.7 Å². The Morgan fingerprint density at radius 3 is 2.83 bits per heavy atom. The summed E-state index contributed by atoms with van der Waals surface area (Å²) >= 11 is 7.14. The van der Waals surface area contributed by atoms with Gasteiger partial charge < -0.3 is 24.7 Å². The number of aliphatic carboxylic acids is 1. The second-order valence-electron chi connectivity index (χ2n) is 6.11. The molecule has 1 fully saturated rings. The van der Waals surface area contributed by atoms with E-state index in [1.54, 1.807) is 24.3 Å². The van der Waals surface area contributed by atoms with Gasteiger partial charge in [-0.05, 0) is 29.8 Å². The van der Waals surface area contributed by atoms with Crippen molar-refractivity contribution in [3.8, 4) is 11.5 Å². The molecule has 8 nitrogen and oxygen atoms in total. The number of halogens is 1. The van der Waals surface area contributed by atoms with E-state index in [2.05, 4.69) is 15.5 Å². The molecule has 0 radical (unpaired) electrons. The predicted molar refractivity (Wildman–Crippen MR) is 113 cm³/mol. The van der Waals surface area contributed by atoms with Crippen LogP contribution in [0.3, 0.4) is 0 Å². The number of nitrogens with zero attached hydrogens (tertiary/aromatic N) is 2. The zero-order valence-electron chi connectivity index (χ0n) is 15.8. The Morgan fingerprint density at radius 2 is 2.10 bits per heavy atom. The fourth-order valence-corrected chi connectivity index (χ4v) is 3.64. The third-order valence-corrected chi connectivity index (χ3v) is 5.45. The summed E-state index contributed by atoms with van der Waals surface area (Å²) in [5.74, 6) is -0.669. The molecular formula is C20H17ClN3O5S-. The fraction of sp³-hybridized carbons (Fsp3) is 0.200. The lowest BCUT2D eigenvalue weighted by molar-refractivity contribution is -0.305. The van der Waals surface area contributed by atoms with Gasteiger partial charge in [0.2, 0.25) is 5.91 Å². The minimum Gasteiger partial charge on any atom is -0.550 e. The van der Waals surface area contributed by atoms with Crippen LogP contribution in [0.4, 0.5) is 0 Å². The van der Waals surface area contributed by atoms with Crippen LogP contribution < -0.4 is 19.9 Å². The quantitative estimate of drug-likeness (QED) is 0.490. The molecule has 1 atom stereocenters. The summed E-state index contributed by atoms with van der Waals surface area (Å²) in [7, 11) is 1.53. The zero-order chi connectivity index (χ0) is 21.5. The molecule has 0 aromatic heterocycles. The van der Waals surface area contributed by atoms with E-state index in [4.69, 9.17) is 21.1 Å². The number of hydrogen-bond donors (Lipinski definition) is 1. The molecule has 10 heteroatoms. The van der Waals surface area contributed by atoms with E-state index >= 15 is 0 Å². The first kappa shape index (κ1) is 21.7. The van der Waals surface area contributed by atoms with Crippen LogP contribution in [0.15, 0.2) is 52.7 Å². The minimum absolute atomic E-state index is 0.231. The van der Waals surface area contributed by atoms with Crippen molar-refractivity contribution in [3.05, 3.63) is 58.6 Å². The predicted octanol–water partition coefficient (Wildman–Crippen LogP) is 1.99. The van der Waals surface area contributed by atoms with Crippen LogP contribution in [0.25, 0.3) is 0 Å². The first-order valence-electron chi connectivity index (χ1n) is 8.79. The maximum absolute atomic E-state index is 11.7. The van der Waals surface area contributed by atoms with Gasteiger partial charge in [-0.25, -0.2) is 0 Å². The number of carboxylic acid groups (broad SMARTS) is 1. The van der Waals surface area contributed by atoms with E-state index in [0.29, 0.717) is 28.7 Å². The summed E-state index contributed by atoms with van der Waals surface area (Å²) in [6.45, 7) is 0.293. The molecule has 1 aliphatic rings. The fourth-order valence-electron chi connectivity index (χ4n) is 2.54. The van der Waals surface area contributed by atoms with Crippen molar-refractivity contribution < 1.29 is 24.2 Å². The van der Waals surface area contributed by atoms with Crippen molar-refractivity contribution in [2.24, 2.45) is 10.2 Å². The Bertz CT molecular complexity index is 1010. The Balaban J connectivity index is 1.64. The smallest absolute Gasteiger partial charge is 0.239 e. The molecule has 30 heavy (non-hydrogen) atoms. The number of benzene rings is 2. The van der Waals surface area contributed by atoms with Crippen molar-refractivity contribution in [3.63, 3.8) is 0 Å². The topological polar surface area (TPSA) is 112 Å². The monoisotopic (exact) mass is 446 g/mol. The van der Waals surface area contributed by atoms with Crippen molar-refractivity contribution in [2.45, 2.75) is 18.3 Å². The van der Waals surface area contributed by atoms with Gasteiger partial charge in [-0.15, -0.1) is 5.10 Å². The first-order valence-corrected chi connectivity index (χ1v) is 10.0. The second kappa shape index (κ2) is 10.1. The van der Waals surface area contributed by atoms with Crippen LogP contribution in [-0.2, 0) is 16.2 Å². The van der Waals surface area contributed by atoms with E-state index in [1.165, 1.54) is 13.3 Å². The van der Waals surface area contributed by atoms with Crippen molar-refractivity contribution in [1.82, 2.24) is 5.32 Å². The molecule has 1 N–H and O–H groups in total. The number of thioether (sulfide) groups is 1. The van der Waals surface area contributed by atoms with Crippen LogP contribution in [0.2, 0.25) is 5.02 Å². The number of carbonyl (C=O) groups excluding carboxylic acids is 2. The molecule has 2 aromatic rings. The largest absolute Gasteiger partial charge is 0.550 e. The SMILES string of the molecule is COc1cc(/C=N\N=C2\NC(=O)[C@H](CC(=O)[O-])S2)ccc1OCc1ccccc1Cl. The Labute approximate surface area is 181 Å². The average molecular weight is 447 g/mol. The van der Waals surface area contributed by atoms with Gasteiger partial charge in [0, 0.05) is 23.0 Å². The van der Waals surface area contributed by atoms with Crippen molar-refractivity contribution in [1.29, 1.82) is 0 Å². The van der Waals surface area contributed by atoms with Crippen LogP contribution >= 0.6 is 23.4 Å². The van der Waals surface area contributed by atoms with Crippen LogP contribution in [0.1, 0.15) is 17.5 Å². The summed E-state index contributed by atoms with van der Waals surface area (Å²) in [5, 5.41) is 21.0. The molecule has 1 saturated heterocycles. The first-order chi connectivity index (χ1) is 14.5.